The predicted molar refractivity (Wildman–Crippen MR) is 57.6 cm³/mol. The maximum Gasteiger partial charge on any atom is 0.120 e. The average molecular weight is 189 g/mol. The van der Waals surface area contributed by atoms with Crippen molar-refractivity contribution in [3.63, 3.8) is 0 Å². The second-order valence-electron chi connectivity index (χ2n) is 4.17. The number of hydrogen-bond acceptors (Lipinski definition) is 2. The molecule has 0 saturated heterocycles. The van der Waals surface area contributed by atoms with Crippen molar-refractivity contribution in [2.24, 2.45) is 0 Å². The van der Waals surface area contributed by atoms with Gasteiger partial charge in [-0.25, -0.2) is 0 Å². The molecule has 1 atom stereocenters. The molecule has 0 aliphatic carbocycles. The molecule has 0 saturated carbocycles. The van der Waals surface area contributed by atoms with Crippen LogP contribution in [0.3, 0.4) is 0 Å². The molecule has 1 N–H and O–H groups in total. The lowest BCUT2D eigenvalue weighted by atomic mass is 9.80. The largest absolute Gasteiger partial charge is 0.384 e. The molecule has 1 unspecified atom stereocenters. The molecule has 2 nitrogen and oxygen atoms in total. The lowest BCUT2D eigenvalue weighted by molar-refractivity contribution is -0.108. The number of para-hydroxylation sites is 1. The summed E-state index contributed by atoms with van der Waals surface area (Å²) in [5.74, 6) is 0. The first-order valence-corrected chi connectivity index (χ1v) is 5.03. The van der Waals surface area contributed by atoms with Gasteiger partial charge in [0.25, 0.3) is 0 Å². The number of anilines is 1. The summed E-state index contributed by atoms with van der Waals surface area (Å²) in [6.45, 7) is 3.16. The molecular formula is C12H15NO. The minimum absolute atomic E-state index is 0.136. The van der Waals surface area contributed by atoms with Crippen LogP contribution in [0, 0.1) is 0 Å². The van der Waals surface area contributed by atoms with Gasteiger partial charge >= 0.3 is 0 Å². The summed E-state index contributed by atoms with van der Waals surface area (Å²) in [5.41, 5.74) is 2.71. The predicted octanol–water partition coefficient (Wildman–Crippen LogP) is 2.35. The summed E-state index contributed by atoms with van der Waals surface area (Å²) < 4.78 is 0. The van der Waals surface area contributed by atoms with Gasteiger partial charge in [0.15, 0.2) is 0 Å². The maximum absolute atomic E-state index is 10.4. The summed E-state index contributed by atoms with van der Waals surface area (Å²) >= 11 is 0. The van der Waals surface area contributed by atoms with E-state index in [0.717, 1.165) is 19.3 Å². The van der Waals surface area contributed by atoms with Crippen molar-refractivity contribution in [1.29, 1.82) is 0 Å². The fourth-order valence-corrected chi connectivity index (χ4v) is 2.15. The van der Waals surface area contributed by atoms with E-state index >= 15 is 0 Å². The van der Waals surface area contributed by atoms with Crippen molar-refractivity contribution in [3.8, 4) is 0 Å². The smallest absolute Gasteiger partial charge is 0.120 e. The van der Waals surface area contributed by atoms with E-state index in [1.54, 1.807) is 0 Å². The summed E-state index contributed by atoms with van der Waals surface area (Å²) in [4.78, 5) is 10.4. The SMILES string of the molecule is CC1(CCC=O)CNc2ccccc21. The van der Waals surface area contributed by atoms with Crippen LogP contribution in [-0.2, 0) is 10.2 Å². The lowest BCUT2D eigenvalue weighted by Gasteiger charge is -2.22. The molecule has 74 valence electrons. The summed E-state index contributed by atoms with van der Waals surface area (Å²) in [7, 11) is 0. The third-order valence-electron chi connectivity index (χ3n) is 3.06. The highest BCUT2D eigenvalue weighted by atomic mass is 16.1. The number of nitrogens with one attached hydrogen (secondary N) is 1. The molecule has 1 aromatic carbocycles. The van der Waals surface area contributed by atoms with Crippen LogP contribution in [0.5, 0.6) is 0 Å². The molecule has 0 amide bonds. The van der Waals surface area contributed by atoms with E-state index in [2.05, 4.69) is 30.4 Å². The average Bonchev–Trinajstić information content (AvgIpc) is 2.55. The second kappa shape index (κ2) is 3.45. The van der Waals surface area contributed by atoms with Crippen molar-refractivity contribution >= 4 is 12.0 Å². The zero-order valence-electron chi connectivity index (χ0n) is 8.42. The Hall–Kier alpha value is -1.31. The van der Waals surface area contributed by atoms with Gasteiger partial charge in [-0.05, 0) is 18.1 Å². The highest BCUT2D eigenvalue weighted by Gasteiger charge is 2.33. The number of fused-ring (bicyclic) bond motifs is 1. The van der Waals surface area contributed by atoms with Crippen molar-refractivity contribution in [2.75, 3.05) is 11.9 Å². The molecule has 0 radical (unpaired) electrons. The molecule has 14 heavy (non-hydrogen) atoms. The quantitative estimate of drug-likeness (QED) is 0.739. The van der Waals surface area contributed by atoms with Gasteiger partial charge < -0.3 is 10.1 Å². The minimum atomic E-state index is 0.136. The van der Waals surface area contributed by atoms with Crippen molar-refractivity contribution in [2.45, 2.75) is 25.2 Å². The van der Waals surface area contributed by atoms with Crippen molar-refractivity contribution < 1.29 is 4.79 Å². The Balaban J connectivity index is 2.27. The topological polar surface area (TPSA) is 29.1 Å². The van der Waals surface area contributed by atoms with Gasteiger partial charge in [0, 0.05) is 24.1 Å². The highest BCUT2D eigenvalue weighted by Crippen LogP contribution is 2.39. The van der Waals surface area contributed by atoms with Crippen molar-refractivity contribution in [3.05, 3.63) is 29.8 Å². The molecule has 2 heteroatoms. The van der Waals surface area contributed by atoms with E-state index in [-0.39, 0.29) is 5.41 Å². The van der Waals surface area contributed by atoms with Gasteiger partial charge in [-0.15, -0.1) is 0 Å². The maximum atomic E-state index is 10.4. The number of carbonyl (C=O) groups is 1. The lowest BCUT2D eigenvalue weighted by Crippen LogP contribution is -2.24. The summed E-state index contributed by atoms with van der Waals surface area (Å²) in [5, 5.41) is 3.38. The molecule has 1 aliphatic rings. The number of rotatable bonds is 3. The molecule has 1 aromatic rings. The highest BCUT2D eigenvalue weighted by molar-refractivity contribution is 5.60. The van der Waals surface area contributed by atoms with E-state index in [1.807, 2.05) is 6.07 Å². The number of benzene rings is 1. The first-order valence-electron chi connectivity index (χ1n) is 5.03. The third kappa shape index (κ3) is 1.41. The number of carbonyl (C=O) groups excluding carboxylic acids is 1. The molecule has 1 heterocycles. The molecule has 0 fully saturated rings. The molecular weight excluding hydrogens is 174 g/mol. The van der Waals surface area contributed by atoms with Gasteiger partial charge in [-0.1, -0.05) is 25.1 Å². The Labute approximate surface area is 84.3 Å². The first kappa shape index (κ1) is 9.25. The normalized spacial score (nSPS) is 24.1. The van der Waals surface area contributed by atoms with Crippen LogP contribution in [0.4, 0.5) is 5.69 Å². The van der Waals surface area contributed by atoms with Gasteiger partial charge in [-0.3, -0.25) is 0 Å². The minimum Gasteiger partial charge on any atom is -0.384 e. The summed E-state index contributed by atoms with van der Waals surface area (Å²) in [6, 6.07) is 8.35. The van der Waals surface area contributed by atoms with E-state index in [1.165, 1.54) is 11.3 Å². The van der Waals surface area contributed by atoms with Crippen LogP contribution >= 0.6 is 0 Å². The Morgan fingerprint density at radius 3 is 3.07 bits per heavy atom. The molecule has 0 bridgehead atoms. The third-order valence-corrected chi connectivity index (χ3v) is 3.06. The van der Waals surface area contributed by atoms with E-state index in [4.69, 9.17) is 0 Å². The van der Waals surface area contributed by atoms with Gasteiger partial charge in [0.1, 0.15) is 6.29 Å². The Morgan fingerprint density at radius 2 is 2.29 bits per heavy atom. The fraction of sp³-hybridized carbons (Fsp3) is 0.417. The first-order chi connectivity index (χ1) is 6.76. The molecule has 0 spiro atoms. The van der Waals surface area contributed by atoms with Crippen LogP contribution in [0.1, 0.15) is 25.3 Å². The second-order valence-corrected chi connectivity index (χ2v) is 4.17. The van der Waals surface area contributed by atoms with Crippen LogP contribution in [-0.4, -0.2) is 12.8 Å². The van der Waals surface area contributed by atoms with E-state index in [9.17, 15) is 4.79 Å². The van der Waals surface area contributed by atoms with Crippen LogP contribution in [0.2, 0.25) is 0 Å². The van der Waals surface area contributed by atoms with Gasteiger partial charge in [-0.2, -0.15) is 0 Å². The van der Waals surface area contributed by atoms with Crippen molar-refractivity contribution in [1.82, 2.24) is 0 Å². The molecule has 1 aliphatic heterocycles. The van der Waals surface area contributed by atoms with Crippen LogP contribution in [0.15, 0.2) is 24.3 Å². The summed E-state index contributed by atoms with van der Waals surface area (Å²) in [6.07, 6.45) is 2.58. The standard InChI is InChI=1S/C12H15NO/c1-12(7-4-8-14)9-13-11-6-3-2-5-10(11)12/h2-3,5-6,8,13H,4,7,9H2,1H3. The van der Waals surface area contributed by atoms with E-state index < -0.39 is 0 Å². The zero-order chi connectivity index (χ0) is 10.0. The van der Waals surface area contributed by atoms with Gasteiger partial charge in [0.05, 0.1) is 0 Å². The molecule has 0 aromatic heterocycles. The van der Waals surface area contributed by atoms with Gasteiger partial charge in [0.2, 0.25) is 0 Å². The molecule has 2 rings (SSSR count). The number of hydrogen-bond donors (Lipinski definition) is 1. The Morgan fingerprint density at radius 1 is 1.50 bits per heavy atom. The zero-order valence-corrected chi connectivity index (χ0v) is 8.42. The Bertz CT molecular complexity index is 348. The number of aldehydes is 1. The van der Waals surface area contributed by atoms with Crippen LogP contribution < -0.4 is 5.32 Å². The van der Waals surface area contributed by atoms with Crippen LogP contribution in [0.25, 0.3) is 0 Å². The monoisotopic (exact) mass is 189 g/mol. The fourth-order valence-electron chi connectivity index (χ4n) is 2.15. The Kier molecular flexibility index (Phi) is 2.28. The van der Waals surface area contributed by atoms with E-state index in [0.29, 0.717) is 6.42 Å².